The van der Waals surface area contributed by atoms with Crippen molar-refractivity contribution < 1.29 is 9.18 Å². The quantitative estimate of drug-likeness (QED) is 0.567. The second-order valence-electron chi connectivity index (χ2n) is 5.02. The molecule has 22 heavy (non-hydrogen) atoms. The Morgan fingerprint density at radius 1 is 1.05 bits per heavy atom. The summed E-state index contributed by atoms with van der Waals surface area (Å²) in [5, 5.41) is 0. The van der Waals surface area contributed by atoms with Gasteiger partial charge >= 0.3 is 0 Å². The zero-order chi connectivity index (χ0) is 15.5. The first-order valence-corrected chi connectivity index (χ1v) is 7.67. The number of anilines is 1. The second kappa shape index (κ2) is 6.12. The van der Waals surface area contributed by atoms with Gasteiger partial charge in [-0.25, -0.2) is 4.39 Å². The van der Waals surface area contributed by atoms with Crippen LogP contribution in [0.1, 0.15) is 15.2 Å². The number of carbonyl (C=O) groups is 1. The average molecular weight is 311 g/mol. The normalized spacial score (nSPS) is 10.6. The van der Waals surface area contributed by atoms with Crippen molar-refractivity contribution in [2.24, 2.45) is 0 Å². The minimum absolute atomic E-state index is 0.00856. The van der Waals surface area contributed by atoms with Crippen LogP contribution >= 0.6 is 11.3 Å². The van der Waals surface area contributed by atoms with Crippen LogP contribution in [0.15, 0.2) is 60.7 Å². The van der Waals surface area contributed by atoms with Gasteiger partial charge < -0.3 is 5.73 Å². The Kier molecular flexibility index (Phi) is 4.02. The lowest BCUT2D eigenvalue weighted by Gasteiger charge is -2.00. The summed E-state index contributed by atoms with van der Waals surface area (Å²) < 4.78 is 13.2. The molecule has 0 unspecified atom stereocenters. The Balaban J connectivity index is 1.80. The summed E-state index contributed by atoms with van der Waals surface area (Å²) in [5.74, 6) is -0.331. The van der Waals surface area contributed by atoms with Gasteiger partial charge in [0.05, 0.1) is 4.88 Å². The molecule has 1 aromatic heterocycles. The summed E-state index contributed by atoms with van der Waals surface area (Å²) in [6.07, 6.45) is 0.203. The van der Waals surface area contributed by atoms with E-state index in [1.165, 1.54) is 23.5 Å². The zero-order valence-electron chi connectivity index (χ0n) is 11.8. The standard InChI is InChI=1S/C18H14FNOS/c19-14-5-1-3-12(9-14)10-16(21)18-8-7-17(22-18)13-4-2-6-15(20)11-13/h1-9,11H,10,20H2. The molecule has 0 bridgehead atoms. The number of benzene rings is 2. The summed E-state index contributed by atoms with van der Waals surface area (Å²) in [7, 11) is 0. The third-order valence-corrected chi connectivity index (χ3v) is 4.48. The van der Waals surface area contributed by atoms with E-state index in [0.29, 0.717) is 16.1 Å². The number of hydrogen-bond acceptors (Lipinski definition) is 3. The Labute approximate surface area is 132 Å². The first-order valence-electron chi connectivity index (χ1n) is 6.85. The number of ketones is 1. The van der Waals surface area contributed by atoms with Crippen molar-refractivity contribution in [3.63, 3.8) is 0 Å². The third-order valence-electron chi connectivity index (χ3n) is 3.31. The van der Waals surface area contributed by atoms with Gasteiger partial charge in [-0.15, -0.1) is 11.3 Å². The first-order chi connectivity index (χ1) is 10.6. The monoisotopic (exact) mass is 311 g/mol. The number of halogens is 1. The molecule has 0 aliphatic heterocycles. The maximum Gasteiger partial charge on any atom is 0.177 e. The first kappa shape index (κ1) is 14.5. The van der Waals surface area contributed by atoms with E-state index in [1.807, 2.05) is 36.4 Å². The van der Waals surface area contributed by atoms with Gasteiger partial charge in [-0.3, -0.25) is 4.79 Å². The van der Waals surface area contributed by atoms with Crippen LogP contribution in [-0.2, 0) is 6.42 Å². The number of hydrogen-bond donors (Lipinski definition) is 1. The van der Waals surface area contributed by atoms with Crippen LogP contribution in [0.5, 0.6) is 0 Å². The van der Waals surface area contributed by atoms with Crippen LogP contribution in [0.2, 0.25) is 0 Å². The van der Waals surface area contributed by atoms with Crippen LogP contribution in [-0.4, -0.2) is 5.78 Å². The summed E-state index contributed by atoms with van der Waals surface area (Å²) in [5.41, 5.74) is 8.15. The molecule has 3 aromatic rings. The van der Waals surface area contributed by atoms with Crippen LogP contribution in [0.25, 0.3) is 10.4 Å². The highest BCUT2D eigenvalue weighted by atomic mass is 32.1. The Morgan fingerprint density at radius 3 is 2.64 bits per heavy atom. The molecule has 0 saturated carbocycles. The molecule has 2 aromatic carbocycles. The number of Topliss-reactive ketones (excluding diaryl/α,β-unsaturated/α-hetero) is 1. The predicted octanol–water partition coefficient (Wildman–Crippen LogP) is 4.56. The van der Waals surface area contributed by atoms with E-state index in [2.05, 4.69) is 0 Å². The van der Waals surface area contributed by atoms with Crippen molar-refractivity contribution >= 4 is 22.8 Å². The zero-order valence-corrected chi connectivity index (χ0v) is 12.6. The minimum Gasteiger partial charge on any atom is -0.399 e. The molecular formula is C18H14FNOS. The Hall–Kier alpha value is -2.46. The molecule has 0 spiro atoms. The van der Waals surface area contributed by atoms with Gasteiger partial charge in [-0.05, 0) is 47.5 Å². The number of nitrogens with two attached hydrogens (primary N) is 1. The molecule has 0 radical (unpaired) electrons. The highest BCUT2D eigenvalue weighted by Gasteiger charge is 2.11. The van der Waals surface area contributed by atoms with Crippen molar-refractivity contribution in [1.29, 1.82) is 0 Å². The molecule has 0 saturated heterocycles. The Morgan fingerprint density at radius 2 is 1.86 bits per heavy atom. The predicted molar refractivity (Wildman–Crippen MR) is 88.6 cm³/mol. The van der Waals surface area contributed by atoms with Gasteiger partial charge in [0.15, 0.2) is 5.78 Å². The van der Waals surface area contributed by atoms with E-state index in [4.69, 9.17) is 5.73 Å². The van der Waals surface area contributed by atoms with E-state index in [0.717, 1.165) is 10.4 Å². The van der Waals surface area contributed by atoms with Crippen molar-refractivity contribution in [3.05, 3.63) is 76.9 Å². The molecule has 2 nitrogen and oxygen atoms in total. The molecule has 0 fully saturated rings. The summed E-state index contributed by atoms with van der Waals surface area (Å²) in [4.78, 5) is 14.0. The topological polar surface area (TPSA) is 43.1 Å². The lowest BCUT2D eigenvalue weighted by atomic mass is 10.1. The van der Waals surface area contributed by atoms with E-state index in [-0.39, 0.29) is 18.0 Å². The van der Waals surface area contributed by atoms with Gasteiger partial charge in [0.25, 0.3) is 0 Å². The molecule has 1 heterocycles. The van der Waals surface area contributed by atoms with E-state index in [1.54, 1.807) is 12.1 Å². The van der Waals surface area contributed by atoms with Gasteiger partial charge in [0.1, 0.15) is 5.82 Å². The molecule has 4 heteroatoms. The molecule has 0 aliphatic carbocycles. The van der Waals surface area contributed by atoms with Gasteiger partial charge in [-0.2, -0.15) is 0 Å². The van der Waals surface area contributed by atoms with Crippen molar-refractivity contribution in [2.75, 3.05) is 5.73 Å². The van der Waals surface area contributed by atoms with E-state index < -0.39 is 0 Å². The van der Waals surface area contributed by atoms with Crippen LogP contribution in [0.3, 0.4) is 0 Å². The molecular weight excluding hydrogens is 297 g/mol. The van der Waals surface area contributed by atoms with E-state index in [9.17, 15) is 9.18 Å². The average Bonchev–Trinajstić information content (AvgIpc) is 2.97. The summed E-state index contributed by atoms with van der Waals surface area (Å²) >= 11 is 1.43. The molecule has 2 N–H and O–H groups in total. The van der Waals surface area contributed by atoms with E-state index >= 15 is 0 Å². The second-order valence-corrected chi connectivity index (χ2v) is 6.10. The van der Waals surface area contributed by atoms with Crippen LogP contribution < -0.4 is 5.73 Å². The number of thiophene rings is 1. The fourth-order valence-electron chi connectivity index (χ4n) is 2.25. The largest absolute Gasteiger partial charge is 0.399 e. The summed E-state index contributed by atoms with van der Waals surface area (Å²) in [6.45, 7) is 0. The SMILES string of the molecule is Nc1cccc(-c2ccc(C(=O)Cc3cccc(F)c3)s2)c1. The van der Waals surface area contributed by atoms with Crippen LogP contribution in [0, 0.1) is 5.82 Å². The highest BCUT2D eigenvalue weighted by Crippen LogP contribution is 2.29. The van der Waals surface area contributed by atoms with Crippen molar-refractivity contribution in [3.8, 4) is 10.4 Å². The number of rotatable bonds is 4. The highest BCUT2D eigenvalue weighted by molar-refractivity contribution is 7.17. The Bertz CT molecular complexity index is 825. The number of carbonyl (C=O) groups excluding carboxylic acids is 1. The minimum atomic E-state index is -0.322. The maximum absolute atomic E-state index is 13.2. The van der Waals surface area contributed by atoms with Crippen LogP contribution in [0.4, 0.5) is 10.1 Å². The smallest absolute Gasteiger partial charge is 0.177 e. The van der Waals surface area contributed by atoms with Gasteiger partial charge in [0, 0.05) is 17.0 Å². The van der Waals surface area contributed by atoms with Crippen molar-refractivity contribution in [2.45, 2.75) is 6.42 Å². The van der Waals surface area contributed by atoms with Gasteiger partial charge in [-0.1, -0.05) is 24.3 Å². The van der Waals surface area contributed by atoms with Crippen molar-refractivity contribution in [1.82, 2.24) is 0 Å². The molecule has 0 aliphatic rings. The fraction of sp³-hybridized carbons (Fsp3) is 0.0556. The van der Waals surface area contributed by atoms with Gasteiger partial charge in [0.2, 0.25) is 0 Å². The maximum atomic E-state index is 13.2. The lowest BCUT2D eigenvalue weighted by Crippen LogP contribution is -2.01. The molecule has 0 atom stereocenters. The molecule has 110 valence electrons. The lowest BCUT2D eigenvalue weighted by molar-refractivity contribution is 0.0997. The molecule has 0 amide bonds. The fourth-order valence-corrected chi connectivity index (χ4v) is 3.19. The molecule has 3 rings (SSSR count). The summed E-state index contributed by atoms with van der Waals surface area (Å²) in [6, 6.07) is 17.4. The number of nitrogen functional groups attached to an aromatic ring is 1. The third kappa shape index (κ3) is 3.23.